The predicted octanol–water partition coefficient (Wildman–Crippen LogP) is 3.76. The van der Waals surface area contributed by atoms with Gasteiger partial charge >= 0.3 is 5.97 Å². The number of rotatable bonds is 3. The average Bonchev–Trinajstić information content (AvgIpc) is 2.59. The Balaban J connectivity index is 1.80. The molecular weight excluding hydrogens is 276 g/mol. The van der Waals surface area contributed by atoms with E-state index in [0.29, 0.717) is 12.3 Å². The summed E-state index contributed by atoms with van der Waals surface area (Å²) in [7, 11) is 1.42. The molecule has 0 bridgehead atoms. The lowest BCUT2D eigenvalue weighted by atomic mass is 9.78. The largest absolute Gasteiger partial charge is 0.467 e. The standard InChI is InChI=1S/C19H22O3/c1-21-19(20)18-13-15-9-5-6-10-16(15)17(22-18)12-11-14-7-3-2-4-8-14/h2-4,7-9,11-12,16-18H,5-6,10,13H2,1H3/b12-11+/t16-,17+,18+/m1/s1. The van der Waals surface area contributed by atoms with E-state index in [1.807, 2.05) is 18.2 Å². The Bertz CT molecular complexity index is 574. The van der Waals surface area contributed by atoms with Crippen molar-refractivity contribution in [2.45, 2.75) is 37.9 Å². The van der Waals surface area contributed by atoms with Crippen molar-refractivity contribution < 1.29 is 14.3 Å². The molecule has 3 atom stereocenters. The van der Waals surface area contributed by atoms with E-state index >= 15 is 0 Å². The molecule has 0 N–H and O–H groups in total. The summed E-state index contributed by atoms with van der Waals surface area (Å²) >= 11 is 0. The molecule has 1 aliphatic carbocycles. The van der Waals surface area contributed by atoms with Crippen LogP contribution in [0.15, 0.2) is 48.1 Å². The average molecular weight is 298 g/mol. The van der Waals surface area contributed by atoms with Gasteiger partial charge in [0.2, 0.25) is 0 Å². The first-order valence-electron chi connectivity index (χ1n) is 7.93. The summed E-state index contributed by atoms with van der Waals surface area (Å²) in [4.78, 5) is 11.9. The van der Waals surface area contributed by atoms with E-state index < -0.39 is 6.10 Å². The first kappa shape index (κ1) is 15.0. The van der Waals surface area contributed by atoms with Crippen molar-refractivity contribution in [2.75, 3.05) is 7.11 Å². The minimum atomic E-state index is -0.476. The second kappa shape index (κ2) is 6.93. The summed E-state index contributed by atoms with van der Waals surface area (Å²) in [6.07, 6.45) is 10.0. The van der Waals surface area contributed by atoms with Crippen molar-refractivity contribution in [1.29, 1.82) is 0 Å². The van der Waals surface area contributed by atoms with Crippen LogP contribution in [0, 0.1) is 5.92 Å². The number of hydrogen-bond donors (Lipinski definition) is 0. The zero-order valence-electron chi connectivity index (χ0n) is 12.9. The van der Waals surface area contributed by atoms with Gasteiger partial charge in [0.1, 0.15) is 0 Å². The van der Waals surface area contributed by atoms with Crippen LogP contribution in [-0.4, -0.2) is 25.3 Å². The lowest BCUT2D eigenvalue weighted by molar-refractivity contribution is -0.160. The molecule has 1 aliphatic heterocycles. The zero-order valence-corrected chi connectivity index (χ0v) is 12.9. The van der Waals surface area contributed by atoms with Crippen LogP contribution in [-0.2, 0) is 14.3 Å². The van der Waals surface area contributed by atoms with Gasteiger partial charge < -0.3 is 9.47 Å². The fraction of sp³-hybridized carbons (Fsp3) is 0.421. The Morgan fingerprint density at radius 1 is 1.32 bits per heavy atom. The molecule has 0 spiro atoms. The first-order chi connectivity index (χ1) is 10.8. The summed E-state index contributed by atoms with van der Waals surface area (Å²) in [6, 6.07) is 10.2. The number of fused-ring (bicyclic) bond motifs is 1. The molecule has 0 unspecified atom stereocenters. The number of hydrogen-bond acceptors (Lipinski definition) is 3. The number of allylic oxidation sites excluding steroid dienone is 1. The fourth-order valence-corrected chi connectivity index (χ4v) is 3.34. The molecular formula is C19H22O3. The highest BCUT2D eigenvalue weighted by Crippen LogP contribution is 2.38. The van der Waals surface area contributed by atoms with Crippen LogP contribution >= 0.6 is 0 Å². The summed E-state index contributed by atoms with van der Waals surface area (Å²) in [5.41, 5.74) is 2.50. The van der Waals surface area contributed by atoms with E-state index in [0.717, 1.165) is 18.4 Å². The van der Waals surface area contributed by atoms with E-state index in [4.69, 9.17) is 9.47 Å². The minimum Gasteiger partial charge on any atom is -0.467 e. The minimum absolute atomic E-state index is 0.0513. The molecule has 1 heterocycles. The smallest absolute Gasteiger partial charge is 0.335 e. The van der Waals surface area contributed by atoms with Crippen LogP contribution in [0.25, 0.3) is 6.08 Å². The highest BCUT2D eigenvalue weighted by Gasteiger charge is 2.37. The van der Waals surface area contributed by atoms with Gasteiger partial charge in [-0.3, -0.25) is 0 Å². The molecule has 0 saturated carbocycles. The first-order valence-corrected chi connectivity index (χ1v) is 7.93. The SMILES string of the molecule is COC(=O)[C@@H]1CC2=CCCC[C@H]2[C@H](/C=C/c2ccccc2)O1. The third-order valence-electron chi connectivity index (χ3n) is 4.48. The molecule has 2 aliphatic rings. The van der Waals surface area contributed by atoms with Crippen LogP contribution < -0.4 is 0 Å². The third kappa shape index (κ3) is 3.30. The van der Waals surface area contributed by atoms with Crippen LogP contribution in [0.3, 0.4) is 0 Å². The van der Waals surface area contributed by atoms with E-state index in [-0.39, 0.29) is 12.1 Å². The molecule has 1 saturated heterocycles. The summed E-state index contributed by atoms with van der Waals surface area (Å²) in [5, 5.41) is 0. The van der Waals surface area contributed by atoms with Gasteiger partial charge in [-0.2, -0.15) is 0 Å². The van der Waals surface area contributed by atoms with E-state index in [2.05, 4.69) is 30.4 Å². The number of esters is 1. The molecule has 0 amide bonds. The molecule has 3 nitrogen and oxygen atoms in total. The van der Waals surface area contributed by atoms with Gasteiger partial charge in [0.05, 0.1) is 13.2 Å². The lowest BCUT2D eigenvalue weighted by Crippen LogP contribution is -2.41. The maximum atomic E-state index is 11.9. The molecule has 0 aromatic heterocycles. The van der Waals surface area contributed by atoms with E-state index in [9.17, 15) is 4.79 Å². The highest BCUT2D eigenvalue weighted by molar-refractivity contribution is 5.75. The fourth-order valence-electron chi connectivity index (χ4n) is 3.34. The molecule has 116 valence electrons. The monoisotopic (exact) mass is 298 g/mol. The Labute approximate surface area is 131 Å². The maximum absolute atomic E-state index is 11.9. The van der Waals surface area contributed by atoms with E-state index in [1.165, 1.54) is 19.1 Å². The van der Waals surface area contributed by atoms with Gasteiger partial charge in [-0.05, 0) is 24.8 Å². The quantitative estimate of drug-likeness (QED) is 0.629. The summed E-state index contributed by atoms with van der Waals surface area (Å²) < 4.78 is 10.9. The lowest BCUT2D eigenvalue weighted by Gasteiger charge is -2.38. The molecule has 3 rings (SSSR count). The molecule has 1 aromatic rings. The van der Waals surface area contributed by atoms with Gasteiger partial charge in [-0.15, -0.1) is 0 Å². The number of carbonyl (C=O) groups is 1. The van der Waals surface area contributed by atoms with Gasteiger partial charge in [-0.25, -0.2) is 4.79 Å². The molecule has 3 heteroatoms. The zero-order chi connectivity index (χ0) is 15.4. The van der Waals surface area contributed by atoms with Crippen molar-refractivity contribution in [2.24, 2.45) is 5.92 Å². The van der Waals surface area contributed by atoms with Crippen LogP contribution in [0.1, 0.15) is 31.2 Å². The Morgan fingerprint density at radius 2 is 2.14 bits per heavy atom. The summed E-state index contributed by atoms with van der Waals surface area (Å²) in [5.74, 6) is 0.123. The molecule has 22 heavy (non-hydrogen) atoms. The highest BCUT2D eigenvalue weighted by atomic mass is 16.6. The summed E-state index contributed by atoms with van der Waals surface area (Å²) in [6.45, 7) is 0. The van der Waals surface area contributed by atoms with Gasteiger partial charge in [-0.1, -0.05) is 54.1 Å². The normalized spacial score (nSPS) is 28.0. The number of methoxy groups -OCH3 is 1. The predicted molar refractivity (Wildman–Crippen MR) is 86.2 cm³/mol. The van der Waals surface area contributed by atoms with Crippen molar-refractivity contribution in [3.63, 3.8) is 0 Å². The number of ether oxygens (including phenoxy) is 2. The van der Waals surface area contributed by atoms with Crippen LogP contribution in [0.5, 0.6) is 0 Å². The Kier molecular flexibility index (Phi) is 4.74. The van der Waals surface area contributed by atoms with Crippen molar-refractivity contribution in [1.82, 2.24) is 0 Å². The van der Waals surface area contributed by atoms with Crippen LogP contribution in [0.2, 0.25) is 0 Å². The van der Waals surface area contributed by atoms with Gasteiger partial charge in [0.15, 0.2) is 6.10 Å². The van der Waals surface area contributed by atoms with Gasteiger partial charge in [0, 0.05) is 12.3 Å². The third-order valence-corrected chi connectivity index (χ3v) is 4.48. The van der Waals surface area contributed by atoms with Crippen molar-refractivity contribution >= 4 is 12.0 Å². The second-order valence-corrected chi connectivity index (χ2v) is 5.90. The number of benzene rings is 1. The van der Waals surface area contributed by atoms with Crippen LogP contribution in [0.4, 0.5) is 0 Å². The molecule has 1 aromatic carbocycles. The van der Waals surface area contributed by atoms with Crippen molar-refractivity contribution in [3.05, 3.63) is 53.6 Å². The Morgan fingerprint density at radius 3 is 2.91 bits per heavy atom. The van der Waals surface area contributed by atoms with Crippen molar-refractivity contribution in [3.8, 4) is 0 Å². The molecule has 1 fully saturated rings. The molecule has 0 radical (unpaired) electrons. The van der Waals surface area contributed by atoms with Gasteiger partial charge in [0.25, 0.3) is 0 Å². The maximum Gasteiger partial charge on any atom is 0.335 e. The number of carbonyl (C=O) groups excluding carboxylic acids is 1. The Hall–Kier alpha value is -1.87. The second-order valence-electron chi connectivity index (χ2n) is 5.90. The topological polar surface area (TPSA) is 35.5 Å². The van der Waals surface area contributed by atoms with E-state index in [1.54, 1.807) is 0 Å².